The summed E-state index contributed by atoms with van der Waals surface area (Å²) >= 11 is 0. The summed E-state index contributed by atoms with van der Waals surface area (Å²) in [6.07, 6.45) is 0. The Morgan fingerprint density at radius 1 is 0.964 bits per heavy atom. The van der Waals surface area contributed by atoms with Gasteiger partial charge in [-0.25, -0.2) is 0 Å². The van der Waals surface area contributed by atoms with Crippen molar-refractivity contribution in [3.05, 3.63) is 47.2 Å². The first-order valence-corrected chi connectivity index (χ1v) is 8.67. The zero-order valence-electron chi connectivity index (χ0n) is 16.5. The largest absolute Gasteiger partial charge is 0.497 e. The van der Waals surface area contributed by atoms with Gasteiger partial charge in [0.25, 0.3) is 5.91 Å². The SMILES string of the molecule is COc1ccc2oc(C)c(C(=O)NCc3ccc(OC)c(OC)c3OC)c2c1. The van der Waals surface area contributed by atoms with Gasteiger partial charge in [-0.3, -0.25) is 4.79 Å². The number of ether oxygens (including phenoxy) is 4. The maximum absolute atomic E-state index is 12.9. The number of nitrogens with one attached hydrogen (secondary N) is 1. The van der Waals surface area contributed by atoms with Crippen LogP contribution in [0.3, 0.4) is 0 Å². The van der Waals surface area contributed by atoms with Gasteiger partial charge in [-0.05, 0) is 37.3 Å². The van der Waals surface area contributed by atoms with Gasteiger partial charge in [-0.1, -0.05) is 0 Å². The van der Waals surface area contributed by atoms with Crippen molar-refractivity contribution in [3.8, 4) is 23.0 Å². The van der Waals surface area contributed by atoms with E-state index in [-0.39, 0.29) is 12.5 Å². The molecule has 1 amide bonds. The summed E-state index contributed by atoms with van der Waals surface area (Å²) in [4.78, 5) is 12.9. The Labute approximate surface area is 163 Å². The second-order valence-electron chi connectivity index (χ2n) is 6.07. The van der Waals surface area contributed by atoms with Gasteiger partial charge in [0.15, 0.2) is 11.5 Å². The van der Waals surface area contributed by atoms with Crippen LogP contribution in [0.15, 0.2) is 34.7 Å². The number of benzene rings is 2. The molecule has 0 bridgehead atoms. The number of aryl methyl sites for hydroxylation is 1. The topological polar surface area (TPSA) is 79.2 Å². The molecule has 0 aliphatic carbocycles. The van der Waals surface area contributed by atoms with Gasteiger partial charge < -0.3 is 28.7 Å². The first kappa shape index (κ1) is 19.4. The monoisotopic (exact) mass is 385 g/mol. The van der Waals surface area contributed by atoms with Gasteiger partial charge in [0.1, 0.15) is 17.1 Å². The van der Waals surface area contributed by atoms with Crippen molar-refractivity contribution in [3.63, 3.8) is 0 Å². The van der Waals surface area contributed by atoms with Crippen molar-refractivity contribution in [2.45, 2.75) is 13.5 Å². The number of hydrogen-bond donors (Lipinski definition) is 1. The number of amides is 1. The lowest BCUT2D eigenvalue weighted by atomic mass is 10.1. The molecule has 1 heterocycles. The molecule has 148 valence electrons. The summed E-state index contributed by atoms with van der Waals surface area (Å²) in [5.74, 6) is 2.49. The second-order valence-corrected chi connectivity index (χ2v) is 6.07. The van der Waals surface area contributed by atoms with Crippen LogP contribution in [0.5, 0.6) is 23.0 Å². The molecule has 2 aromatic carbocycles. The second kappa shape index (κ2) is 8.12. The number of hydrogen-bond acceptors (Lipinski definition) is 6. The normalized spacial score (nSPS) is 10.6. The molecule has 1 N–H and O–H groups in total. The van der Waals surface area contributed by atoms with E-state index in [1.54, 1.807) is 52.5 Å². The van der Waals surface area contributed by atoms with E-state index in [9.17, 15) is 4.79 Å². The fourth-order valence-electron chi connectivity index (χ4n) is 3.17. The number of rotatable bonds is 7. The summed E-state index contributed by atoms with van der Waals surface area (Å²) in [6, 6.07) is 8.96. The van der Waals surface area contributed by atoms with Crippen molar-refractivity contribution in [2.24, 2.45) is 0 Å². The molecular formula is C21H23NO6. The fourth-order valence-corrected chi connectivity index (χ4v) is 3.17. The van der Waals surface area contributed by atoms with Gasteiger partial charge in [0, 0.05) is 17.5 Å². The highest BCUT2D eigenvalue weighted by atomic mass is 16.5. The van der Waals surface area contributed by atoms with E-state index in [0.717, 1.165) is 5.56 Å². The lowest BCUT2D eigenvalue weighted by Crippen LogP contribution is -2.23. The van der Waals surface area contributed by atoms with E-state index < -0.39 is 0 Å². The molecule has 1 aromatic heterocycles. The van der Waals surface area contributed by atoms with Crippen LogP contribution in [0, 0.1) is 6.92 Å². The molecule has 0 radical (unpaired) electrons. The number of carbonyl (C=O) groups is 1. The summed E-state index contributed by atoms with van der Waals surface area (Å²) in [5, 5.41) is 3.62. The molecule has 7 nitrogen and oxygen atoms in total. The molecule has 0 saturated carbocycles. The Bertz CT molecular complexity index is 1010. The Balaban J connectivity index is 1.89. The highest BCUT2D eigenvalue weighted by molar-refractivity contribution is 6.07. The van der Waals surface area contributed by atoms with Crippen LogP contribution in [0.1, 0.15) is 21.7 Å². The van der Waals surface area contributed by atoms with Crippen molar-refractivity contribution in [1.82, 2.24) is 5.32 Å². The van der Waals surface area contributed by atoms with Crippen molar-refractivity contribution in [2.75, 3.05) is 28.4 Å². The summed E-state index contributed by atoms with van der Waals surface area (Å²) in [5.41, 5.74) is 1.87. The standard InChI is InChI=1S/C21H23NO6/c1-12-18(15-10-14(24-2)7-9-16(15)28-12)21(23)22-11-13-6-8-17(25-3)20(27-5)19(13)26-4/h6-10H,11H2,1-5H3,(H,22,23). The van der Waals surface area contributed by atoms with Gasteiger partial charge >= 0.3 is 0 Å². The van der Waals surface area contributed by atoms with E-state index >= 15 is 0 Å². The zero-order chi connectivity index (χ0) is 20.3. The number of methoxy groups -OCH3 is 4. The van der Waals surface area contributed by atoms with Crippen LogP contribution in [0.25, 0.3) is 11.0 Å². The Hall–Kier alpha value is -3.35. The van der Waals surface area contributed by atoms with Gasteiger partial charge in [0.05, 0.1) is 34.0 Å². The van der Waals surface area contributed by atoms with Crippen molar-refractivity contribution < 1.29 is 28.2 Å². The molecule has 0 fully saturated rings. The minimum absolute atomic E-state index is 0.248. The minimum Gasteiger partial charge on any atom is -0.497 e. The lowest BCUT2D eigenvalue weighted by molar-refractivity contribution is 0.0950. The Kier molecular flexibility index (Phi) is 5.63. The van der Waals surface area contributed by atoms with E-state index in [1.165, 1.54) is 7.11 Å². The van der Waals surface area contributed by atoms with E-state index in [2.05, 4.69) is 5.32 Å². The third-order valence-electron chi connectivity index (χ3n) is 4.52. The van der Waals surface area contributed by atoms with Crippen LogP contribution in [0.2, 0.25) is 0 Å². The summed E-state index contributed by atoms with van der Waals surface area (Å²) in [7, 11) is 6.22. The molecule has 28 heavy (non-hydrogen) atoms. The van der Waals surface area contributed by atoms with Gasteiger partial charge in [-0.2, -0.15) is 0 Å². The smallest absolute Gasteiger partial charge is 0.255 e. The average molecular weight is 385 g/mol. The quantitative estimate of drug-likeness (QED) is 0.668. The summed E-state index contributed by atoms with van der Waals surface area (Å²) < 4.78 is 27.1. The van der Waals surface area contributed by atoms with Crippen LogP contribution in [-0.2, 0) is 6.54 Å². The zero-order valence-corrected chi connectivity index (χ0v) is 16.5. The van der Waals surface area contributed by atoms with Crippen molar-refractivity contribution >= 4 is 16.9 Å². The predicted octanol–water partition coefficient (Wildman–Crippen LogP) is 3.71. The maximum atomic E-state index is 12.9. The predicted molar refractivity (Wildman–Crippen MR) is 105 cm³/mol. The molecule has 0 unspecified atom stereocenters. The van der Waals surface area contributed by atoms with E-state index in [4.69, 9.17) is 23.4 Å². The molecule has 0 aliphatic rings. The molecule has 0 aliphatic heterocycles. The number of carbonyl (C=O) groups excluding carboxylic acids is 1. The van der Waals surface area contributed by atoms with Crippen LogP contribution in [-0.4, -0.2) is 34.3 Å². The van der Waals surface area contributed by atoms with Gasteiger partial charge in [-0.15, -0.1) is 0 Å². The molecular weight excluding hydrogens is 362 g/mol. The number of fused-ring (bicyclic) bond motifs is 1. The first-order valence-electron chi connectivity index (χ1n) is 8.67. The molecule has 7 heteroatoms. The maximum Gasteiger partial charge on any atom is 0.255 e. The third kappa shape index (κ3) is 3.43. The first-order chi connectivity index (χ1) is 13.5. The van der Waals surface area contributed by atoms with Crippen LogP contribution in [0.4, 0.5) is 0 Å². The highest BCUT2D eigenvalue weighted by Gasteiger charge is 2.20. The third-order valence-corrected chi connectivity index (χ3v) is 4.52. The van der Waals surface area contributed by atoms with Gasteiger partial charge in [0.2, 0.25) is 5.75 Å². The average Bonchev–Trinajstić information content (AvgIpc) is 3.05. The summed E-state index contributed by atoms with van der Waals surface area (Å²) in [6.45, 7) is 2.01. The van der Waals surface area contributed by atoms with Crippen LogP contribution < -0.4 is 24.3 Å². The van der Waals surface area contributed by atoms with Crippen molar-refractivity contribution in [1.29, 1.82) is 0 Å². The fraction of sp³-hybridized carbons (Fsp3) is 0.286. The molecule has 3 aromatic rings. The molecule has 0 saturated heterocycles. The molecule has 0 atom stereocenters. The van der Waals surface area contributed by atoms with E-state index in [0.29, 0.717) is 45.3 Å². The van der Waals surface area contributed by atoms with Crippen LogP contribution >= 0.6 is 0 Å². The lowest BCUT2D eigenvalue weighted by Gasteiger charge is -2.16. The molecule has 3 rings (SSSR count). The Morgan fingerprint density at radius 3 is 2.36 bits per heavy atom. The van der Waals surface area contributed by atoms with E-state index in [1.807, 2.05) is 6.07 Å². The minimum atomic E-state index is -0.249. The Morgan fingerprint density at radius 2 is 1.71 bits per heavy atom. The number of furan rings is 1. The molecule has 0 spiro atoms. The highest BCUT2D eigenvalue weighted by Crippen LogP contribution is 2.39.